The number of carbonyl (C=O) groups is 1. The summed E-state index contributed by atoms with van der Waals surface area (Å²) in [6.45, 7) is 2.56. The van der Waals surface area contributed by atoms with Gasteiger partial charge in [-0.15, -0.1) is 10.2 Å². The molecule has 1 aliphatic heterocycles. The van der Waals surface area contributed by atoms with E-state index in [2.05, 4.69) is 15.2 Å². The van der Waals surface area contributed by atoms with Gasteiger partial charge in [-0.25, -0.2) is 9.78 Å². The summed E-state index contributed by atoms with van der Waals surface area (Å²) in [5.41, 5.74) is 2.97. The van der Waals surface area contributed by atoms with Gasteiger partial charge >= 0.3 is 5.97 Å². The predicted octanol–water partition coefficient (Wildman–Crippen LogP) is 1.67. The van der Waals surface area contributed by atoms with E-state index in [1.807, 2.05) is 33.4 Å². The monoisotopic (exact) mass is 295 g/mol. The summed E-state index contributed by atoms with van der Waals surface area (Å²) in [7, 11) is 0. The predicted molar refractivity (Wildman–Crippen MR) is 77.6 cm³/mol. The van der Waals surface area contributed by atoms with Gasteiger partial charge in [0.15, 0.2) is 11.5 Å². The third-order valence-corrected chi connectivity index (χ3v) is 3.68. The molecule has 1 aromatic carbocycles. The Balaban J connectivity index is 1.96. The Morgan fingerprint density at radius 2 is 2.18 bits per heavy atom. The molecule has 2 aromatic heterocycles. The number of ether oxygens (including phenoxy) is 1. The molecular weight excluding hydrogens is 282 g/mol. The molecule has 0 radical (unpaired) electrons. The molecule has 1 aliphatic rings. The van der Waals surface area contributed by atoms with Crippen LogP contribution in [0.15, 0.2) is 36.9 Å². The molecule has 0 amide bonds. The molecule has 0 saturated carbocycles. The number of nitrogens with zero attached hydrogens (tertiary/aromatic N) is 5. The SMILES string of the molecule is CCOC(=O)c1ncn2c1Cn1cnnc1-c1ccccc1-2. The molecule has 4 rings (SSSR count). The molecule has 7 heteroatoms. The maximum absolute atomic E-state index is 12.1. The number of imidazole rings is 1. The van der Waals surface area contributed by atoms with Crippen LogP contribution in [-0.4, -0.2) is 36.9 Å². The summed E-state index contributed by atoms with van der Waals surface area (Å²) < 4.78 is 8.91. The van der Waals surface area contributed by atoms with E-state index in [1.165, 1.54) is 0 Å². The summed E-state index contributed by atoms with van der Waals surface area (Å²) in [5, 5.41) is 8.17. The Morgan fingerprint density at radius 3 is 3.05 bits per heavy atom. The molecule has 0 N–H and O–H groups in total. The summed E-state index contributed by atoms with van der Waals surface area (Å²) in [6, 6.07) is 7.85. The van der Waals surface area contributed by atoms with Crippen molar-refractivity contribution in [3.63, 3.8) is 0 Å². The third-order valence-electron chi connectivity index (χ3n) is 3.68. The quantitative estimate of drug-likeness (QED) is 0.526. The molecule has 110 valence electrons. The van der Waals surface area contributed by atoms with E-state index in [9.17, 15) is 4.79 Å². The van der Waals surface area contributed by atoms with Crippen LogP contribution in [0.1, 0.15) is 23.1 Å². The number of fused-ring (bicyclic) bond motifs is 5. The molecule has 22 heavy (non-hydrogen) atoms. The van der Waals surface area contributed by atoms with Crippen molar-refractivity contribution in [2.45, 2.75) is 13.5 Å². The lowest BCUT2D eigenvalue weighted by atomic mass is 10.1. The first-order valence-electron chi connectivity index (χ1n) is 7.00. The van der Waals surface area contributed by atoms with Crippen molar-refractivity contribution in [1.82, 2.24) is 24.3 Å². The van der Waals surface area contributed by atoms with Crippen molar-refractivity contribution in [2.24, 2.45) is 0 Å². The van der Waals surface area contributed by atoms with Crippen molar-refractivity contribution in [1.29, 1.82) is 0 Å². The molecule has 3 heterocycles. The molecule has 0 spiro atoms. The number of hydrogen-bond acceptors (Lipinski definition) is 5. The van der Waals surface area contributed by atoms with E-state index >= 15 is 0 Å². The van der Waals surface area contributed by atoms with E-state index in [1.54, 1.807) is 19.6 Å². The molecule has 0 atom stereocenters. The second-order valence-electron chi connectivity index (χ2n) is 4.93. The largest absolute Gasteiger partial charge is 0.461 e. The van der Waals surface area contributed by atoms with Gasteiger partial charge in [0.25, 0.3) is 0 Å². The first-order chi connectivity index (χ1) is 10.8. The molecule has 7 nitrogen and oxygen atoms in total. The summed E-state index contributed by atoms with van der Waals surface area (Å²) in [4.78, 5) is 16.4. The van der Waals surface area contributed by atoms with E-state index < -0.39 is 5.97 Å². The van der Waals surface area contributed by atoms with Gasteiger partial charge in [-0.3, -0.25) is 4.57 Å². The molecule has 0 aliphatic carbocycles. The van der Waals surface area contributed by atoms with Crippen LogP contribution >= 0.6 is 0 Å². The minimum absolute atomic E-state index is 0.319. The fraction of sp³-hybridized carbons (Fsp3) is 0.200. The van der Waals surface area contributed by atoms with Gasteiger partial charge in [0.05, 0.1) is 24.5 Å². The van der Waals surface area contributed by atoms with E-state index in [-0.39, 0.29) is 0 Å². The average molecular weight is 295 g/mol. The number of aromatic nitrogens is 5. The fourth-order valence-corrected chi connectivity index (χ4v) is 2.72. The van der Waals surface area contributed by atoms with Gasteiger partial charge in [0.1, 0.15) is 12.7 Å². The lowest BCUT2D eigenvalue weighted by Gasteiger charge is -2.08. The lowest BCUT2D eigenvalue weighted by molar-refractivity contribution is 0.0518. The molecule has 0 saturated heterocycles. The number of para-hydroxylation sites is 1. The first kappa shape index (κ1) is 12.8. The van der Waals surface area contributed by atoms with Crippen molar-refractivity contribution < 1.29 is 9.53 Å². The van der Waals surface area contributed by atoms with Crippen LogP contribution in [0.25, 0.3) is 17.1 Å². The molecule has 0 unspecified atom stereocenters. The van der Waals surface area contributed by atoms with Crippen molar-refractivity contribution in [3.8, 4) is 17.1 Å². The van der Waals surface area contributed by atoms with E-state index in [0.29, 0.717) is 18.8 Å². The Kier molecular flexibility index (Phi) is 2.78. The Hall–Kier alpha value is -2.96. The number of rotatable bonds is 2. The van der Waals surface area contributed by atoms with Crippen LogP contribution in [0, 0.1) is 0 Å². The van der Waals surface area contributed by atoms with Gasteiger partial charge in [-0.1, -0.05) is 12.1 Å². The van der Waals surface area contributed by atoms with Gasteiger partial charge in [-0.05, 0) is 19.1 Å². The van der Waals surface area contributed by atoms with Gasteiger partial charge in [-0.2, -0.15) is 0 Å². The Labute approximate surface area is 126 Å². The normalized spacial score (nSPS) is 12.0. The molecular formula is C15H13N5O2. The van der Waals surface area contributed by atoms with Crippen LogP contribution in [0.5, 0.6) is 0 Å². The minimum atomic E-state index is -0.412. The third kappa shape index (κ3) is 1.75. The maximum Gasteiger partial charge on any atom is 0.358 e. The van der Waals surface area contributed by atoms with E-state index in [0.717, 1.165) is 22.8 Å². The van der Waals surface area contributed by atoms with Crippen LogP contribution in [0.3, 0.4) is 0 Å². The minimum Gasteiger partial charge on any atom is -0.461 e. The highest BCUT2D eigenvalue weighted by atomic mass is 16.5. The average Bonchev–Trinajstić information content (AvgIpc) is 3.13. The van der Waals surface area contributed by atoms with Crippen molar-refractivity contribution in [2.75, 3.05) is 6.61 Å². The van der Waals surface area contributed by atoms with Gasteiger partial charge in [0.2, 0.25) is 0 Å². The van der Waals surface area contributed by atoms with Crippen LogP contribution in [0.4, 0.5) is 0 Å². The standard InChI is InChI=1S/C15H13N5O2/c1-2-22-15(21)13-12-7-19-9-17-18-14(19)10-5-3-4-6-11(10)20(12)8-16-13/h3-6,8-9H,2,7H2,1H3. The molecule has 0 fully saturated rings. The zero-order chi connectivity index (χ0) is 15.1. The zero-order valence-corrected chi connectivity index (χ0v) is 11.9. The smallest absolute Gasteiger partial charge is 0.358 e. The second kappa shape index (κ2) is 4.80. The zero-order valence-electron chi connectivity index (χ0n) is 11.9. The van der Waals surface area contributed by atoms with E-state index in [4.69, 9.17) is 4.74 Å². The summed E-state index contributed by atoms with van der Waals surface area (Å²) in [6.07, 6.45) is 3.31. The number of carbonyl (C=O) groups excluding carboxylic acids is 1. The van der Waals surface area contributed by atoms with Crippen molar-refractivity contribution in [3.05, 3.63) is 48.3 Å². The van der Waals surface area contributed by atoms with Crippen LogP contribution in [0.2, 0.25) is 0 Å². The van der Waals surface area contributed by atoms with Crippen LogP contribution < -0.4 is 0 Å². The van der Waals surface area contributed by atoms with Gasteiger partial charge < -0.3 is 9.30 Å². The molecule has 0 bridgehead atoms. The van der Waals surface area contributed by atoms with Gasteiger partial charge in [0, 0.05) is 5.56 Å². The summed E-state index contributed by atoms with van der Waals surface area (Å²) in [5.74, 6) is 0.361. The number of esters is 1. The van der Waals surface area contributed by atoms with Crippen molar-refractivity contribution >= 4 is 5.97 Å². The first-order valence-corrected chi connectivity index (χ1v) is 7.00. The number of hydrogen-bond donors (Lipinski definition) is 0. The Bertz CT molecular complexity index is 864. The highest BCUT2D eigenvalue weighted by molar-refractivity contribution is 5.89. The highest BCUT2D eigenvalue weighted by Crippen LogP contribution is 2.31. The fourth-order valence-electron chi connectivity index (χ4n) is 2.72. The van der Waals surface area contributed by atoms with Crippen LogP contribution in [-0.2, 0) is 11.3 Å². The lowest BCUT2D eigenvalue weighted by Crippen LogP contribution is -2.11. The summed E-state index contributed by atoms with van der Waals surface area (Å²) >= 11 is 0. The Morgan fingerprint density at radius 1 is 1.32 bits per heavy atom. The topological polar surface area (TPSA) is 74.8 Å². The maximum atomic E-state index is 12.1. The highest BCUT2D eigenvalue weighted by Gasteiger charge is 2.26. The number of benzene rings is 1. The molecule has 3 aromatic rings. The second-order valence-corrected chi connectivity index (χ2v) is 4.93.